The lowest BCUT2D eigenvalue weighted by Crippen LogP contribution is -2.25. The van der Waals surface area contributed by atoms with Gasteiger partial charge in [0.2, 0.25) is 16.0 Å². The Kier molecular flexibility index (Phi) is 5.63. The highest BCUT2D eigenvalue weighted by molar-refractivity contribution is 7.88. The average molecular weight is 374 g/mol. The number of halogens is 3. The first-order valence-corrected chi connectivity index (χ1v) is 8.85. The molecular formula is C15H17F3N4O2S. The molecule has 0 spiro atoms. The van der Waals surface area contributed by atoms with Crippen LogP contribution in [0.15, 0.2) is 36.5 Å². The highest BCUT2D eigenvalue weighted by Crippen LogP contribution is 2.29. The van der Waals surface area contributed by atoms with Crippen molar-refractivity contribution in [3.63, 3.8) is 0 Å². The number of nitrogens with zero attached hydrogens (tertiary/aromatic N) is 3. The van der Waals surface area contributed by atoms with Gasteiger partial charge in [0, 0.05) is 20.3 Å². The van der Waals surface area contributed by atoms with E-state index < -0.39 is 27.5 Å². The molecule has 0 radical (unpaired) electrons. The Morgan fingerprint density at radius 2 is 1.76 bits per heavy atom. The molecule has 1 N–H and O–H groups in total. The Bertz CT molecular complexity index is 821. The molecule has 6 nitrogen and oxygen atoms in total. The Hall–Kier alpha value is -2.20. The van der Waals surface area contributed by atoms with E-state index in [4.69, 9.17) is 0 Å². The molecule has 0 amide bonds. The minimum Gasteiger partial charge on any atom is -0.347 e. The van der Waals surface area contributed by atoms with Crippen molar-refractivity contribution in [2.75, 3.05) is 19.0 Å². The predicted molar refractivity (Wildman–Crippen MR) is 87.3 cm³/mol. The average Bonchev–Trinajstić information content (AvgIpc) is 2.52. The maximum atomic E-state index is 12.5. The van der Waals surface area contributed by atoms with E-state index in [1.807, 2.05) is 0 Å². The monoisotopic (exact) mass is 374 g/mol. The van der Waals surface area contributed by atoms with Gasteiger partial charge in [-0.05, 0) is 23.8 Å². The fourth-order valence-corrected chi connectivity index (χ4v) is 3.04. The number of alkyl halides is 3. The molecule has 10 heteroatoms. The Balaban J connectivity index is 2.01. The second kappa shape index (κ2) is 7.36. The fourth-order valence-electron chi connectivity index (χ4n) is 1.94. The van der Waals surface area contributed by atoms with Gasteiger partial charge in [-0.3, -0.25) is 0 Å². The molecule has 136 valence electrons. The molecule has 0 saturated heterocycles. The molecule has 0 atom stereocenters. The molecule has 0 unspecified atom stereocenters. The van der Waals surface area contributed by atoms with E-state index in [9.17, 15) is 21.6 Å². The zero-order valence-corrected chi connectivity index (χ0v) is 14.4. The highest BCUT2D eigenvalue weighted by Gasteiger charge is 2.30. The number of anilines is 1. The van der Waals surface area contributed by atoms with E-state index in [0.717, 1.165) is 24.3 Å². The van der Waals surface area contributed by atoms with Crippen LogP contribution in [-0.4, -0.2) is 32.5 Å². The summed E-state index contributed by atoms with van der Waals surface area (Å²) in [5.74, 6) is 0.0240. The lowest BCUT2D eigenvalue weighted by molar-refractivity contribution is -0.137. The third-order valence-electron chi connectivity index (χ3n) is 3.21. The summed E-state index contributed by atoms with van der Waals surface area (Å²) >= 11 is 0. The van der Waals surface area contributed by atoms with E-state index in [-0.39, 0.29) is 12.1 Å². The summed E-state index contributed by atoms with van der Waals surface area (Å²) < 4.78 is 64.1. The first kappa shape index (κ1) is 19.1. The lowest BCUT2D eigenvalue weighted by Gasteiger charge is -2.11. The fraction of sp³-hybridized carbons (Fsp3) is 0.333. The first-order valence-electron chi connectivity index (χ1n) is 7.19. The lowest BCUT2D eigenvalue weighted by atomic mass is 10.1. The summed E-state index contributed by atoms with van der Waals surface area (Å²) in [7, 11) is -0.204. The maximum Gasteiger partial charge on any atom is 0.416 e. The molecule has 1 heterocycles. The van der Waals surface area contributed by atoms with Crippen LogP contribution in [0.25, 0.3) is 0 Å². The molecule has 1 aromatic heterocycles. The Labute approximate surface area is 143 Å². The molecule has 0 aliphatic rings. The van der Waals surface area contributed by atoms with Gasteiger partial charge < -0.3 is 4.90 Å². The van der Waals surface area contributed by atoms with Crippen LogP contribution >= 0.6 is 0 Å². The van der Waals surface area contributed by atoms with Gasteiger partial charge in [-0.1, -0.05) is 12.1 Å². The number of nitrogens with one attached hydrogen (secondary N) is 1. The largest absolute Gasteiger partial charge is 0.416 e. The van der Waals surface area contributed by atoms with Crippen molar-refractivity contribution in [1.29, 1.82) is 0 Å². The third-order valence-corrected chi connectivity index (χ3v) is 4.51. The number of hydrogen-bond acceptors (Lipinski definition) is 5. The molecule has 2 rings (SSSR count). The van der Waals surface area contributed by atoms with Gasteiger partial charge in [-0.15, -0.1) is 0 Å². The summed E-state index contributed by atoms with van der Waals surface area (Å²) in [6, 6.07) is 5.60. The van der Waals surface area contributed by atoms with Crippen LogP contribution in [0.1, 0.15) is 16.8 Å². The SMILES string of the molecule is CN(C)c1nccc(CNS(=O)(=O)Cc2ccc(C(F)(F)F)cc2)n1. The van der Waals surface area contributed by atoms with Gasteiger partial charge in [0.05, 0.1) is 23.6 Å². The normalized spacial score (nSPS) is 12.2. The molecule has 0 saturated carbocycles. The molecule has 1 aromatic carbocycles. The van der Waals surface area contributed by atoms with Crippen molar-refractivity contribution in [2.45, 2.75) is 18.5 Å². The third kappa shape index (κ3) is 5.68. The topological polar surface area (TPSA) is 75.2 Å². The minimum absolute atomic E-state index is 0.0354. The summed E-state index contributed by atoms with van der Waals surface area (Å²) in [5.41, 5.74) is -0.0781. The van der Waals surface area contributed by atoms with Crippen molar-refractivity contribution in [2.24, 2.45) is 0 Å². The van der Waals surface area contributed by atoms with Crippen LogP contribution in [0.4, 0.5) is 19.1 Å². The first-order chi connectivity index (χ1) is 11.6. The number of aromatic nitrogens is 2. The standard InChI is InChI=1S/C15H17F3N4O2S/c1-22(2)14-19-8-7-13(21-14)9-20-25(23,24)10-11-3-5-12(6-4-11)15(16,17)18/h3-8,20H,9-10H2,1-2H3. The quantitative estimate of drug-likeness (QED) is 0.839. The van der Waals surface area contributed by atoms with Crippen LogP contribution < -0.4 is 9.62 Å². The molecule has 0 aliphatic carbocycles. The van der Waals surface area contributed by atoms with E-state index >= 15 is 0 Å². The van der Waals surface area contributed by atoms with Crippen LogP contribution in [-0.2, 0) is 28.5 Å². The predicted octanol–water partition coefficient (Wildman–Crippen LogP) is 2.18. The van der Waals surface area contributed by atoms with Gasteiger partial charge in [-0.2, -0.15) is 13.2 Å². The highest BCUT2D eigenvalue weighted by atomic mass is 32.2. The van der Waals surface area contributed by atoms with Crippen molar-refractivity contribution in [3.8, 4) is 0 Å². The Morgan fingerprint density at radius 1 is 1.12 bits per heavy atom. The Morgan fingerprint density at radius 3 is 2.32 bits per heavy atom. The minimum atomic E-state index is -4.45. The second-order valence-corrected chi connectivity index (χ2v) is 7.32. The summed E-state index contributed by atoms with van der Waals surface area (Å²) in [6.07, 6.45) is -2.94. The summed E-state index contributed by atoms with van der Waals surface area (Å²) in [4.78, 5) is 9.89. The maximum absolute atomic E-state index is 12.5. The van der Waals surface area contributed by atoms with Crippen LogP contribution in [0.3, 0.4) is 0 Å². The molecule has 0 fully saturated rings. The summed E-state index contributed by atoms with van der Waals surface area (Å²) in [5, 5.41) is 0. The summed E-state index contributed by atoms with van der Waals surface area (Å²) in [6.45, 7) is -0.0354. The van der Waals surface area contributed by atoms with Gasteiger partial charge in [0.25, 0.3) is 0 Å². The van der Waals surface area contributed by atoms with Gasteiger partial charge in [-0.25, -0.2) is 23.1 Å². The van der Waals surface area contributed by atoms with Crippen molar-refractivity contribution in [1.82, 2.24) is 14.7 Å². The van der Waals surface area contributed by atoms with E-state index in [0.29, 0.717) is 11.6 Å². The van der Waals surface area contributed by atoms with E-state index in [1.165, 1.54) is 6.20 Å². The molecular weight excluding hydrogens is 357 g/mol. The van der Waals surface area contributed by atoms with Gasteiger partial charge in [0.1, 0.15) is 0 Å². The van der Waals surface area contributed by atoms with Gasteiger partial charge >= 0.3 is 6.18 Å². The second-order valence-electron chi connectivity index (χ2n) is 5.52. The van der Waals surface area contributed by atoms with Gasteiger partial charge in [0.15, 0.2) is 0 Å². The van der Waals surface area contributed by atoms with Crippen molar-refractivity contribution >= 4 is 16.0 Å². The van der Waals surface area contributed by atoms with Crippen LogP contribution in [0.5, 0.6) is 0 Å². The number of rotatable bonds is 6. The van der Waals surface area contributed by atoms with Crippen molar-refractivity contribution in [3.05, 3.63) is 53.3 Å². The zero-order chi connectivity index (χ0) is 18.7. The van der Waals surface area contributed by atoms with Crippen LogP contribution in [0.2, 0.25) is 0 Å². The van der Waals surface area contributed by atoms with Crippen molar-refractivity contribution < 1.29 is 21.6 Å². The molecule has 25 heavy (non-hydrogen) atoms. The molecule has 0 bridgehead atoms. The van der Waals surface area contributed by atoms with Crippen LogP contribution in [0, 0.1) is 0 Å². The number of sulfonamides is 1. The number of benzene rings is 1. The van der Waals surface area contributed by atoms with E-state index in [1.54, 1.807) is 25.1 Å². The smallest absolute Gasteiger partial charge is 0.347 e. The molecule has 2 aromatic rings. The van der Waals surface area contributed by atoms with E-state index in [2.05, 4.69) is 14.7 Å². The zero-order valence-electron chi connectivity index (χ0n) is 13.6. The number of hydrogen-bond donors (Lipinski definition) is 1. The molecule has 0 aliphatic heterocycles.